The van der Waals surface area contributed by atoms with Crippen LogP contribution in [0.25, 0.3) is 0 Å². The van der Waals surface area contributed by atoms with E-state index >= 15 is 0 Å². The van der Waals surface area contributed by atoms with Gasteiger partial charge in [-0.15, -0.1) is 0 Å². The average Bonchev–Trinajstić information content (AvgIpc) is 2.67. The van der Waals surface area contributed by atoms with Crippen LogP contribution in [-0.4, -0.2) is 6.54 Å². The SMILES string of the molecule is Fc1ccccc1CCNCc1cc(Cl)ccc1OCc1ccc(Cl)cc1. The summed E-state index contributed by atoms with van der Waals surface area (Å²) in [4.78, 5) is 0. The standard InChI is InChI=1S/C22H20Cl2FNO/c23-19-7-5-16(6-8-19)15-27-22-10-9-20(24)13-18(22)14-26-12-11-17-3-1-2-4-21(17)25/h1-10,13,26H,11-12,14-15H2. The molecule has 0 aliphatic carbocycles. The van der Waals surface area contributed by atoms with Crippen molar-refractivity contribution in [2.75, 3.05) is 6.54 Å². The molecule has 3 aromatic rings. The maximum atomic E-state index is 13.7. The molecule has 0 aromatic heterocycles. The minimum atomic E-state index is -0.172. The summed E-state index contributed by atoms with van der Waals surface area (Å²) in [5, 5.41) is 4.68. The van der Waals surface area contributed by atoms with Gasteiger partial charge >= 0.3 is 0 Å². The van der Waals surface area contributed by atoms with Crippen molar-refractivity contribution >= 4 is 23.2 Å². The van der Waals surface area contributed by atoms with Gasteiger partial charge in [0.1, 0.15) is 18.2 Å². The zero-order valence-electron chi connectivity index (χ0n) is 14.7. The number of halogens is 3. The van der Waals surface area contributed by atoms with Crippen molar-refractivity contribution in [2.45, 2.75) is 19.6 Å². The largest absolute Gasteiger partial charge is 0.489 e. The number of rotatable bonds is 8. The van der Waals surface area contributed by atoms with Crippen LogP contribution in [0.2, 0.25) is 10.0 Å². The molecule has 1 N–H and O–H groups in total. The molecular formula is C22H20Cl2FNO. The van der Waals surface area contributed by atoms with Gasteiger partial charge < -0.3 is 10.1 Å². The molecule has 0 saturated carbocycles. The number of hydrogen-bond acceptors (Lipinski definition) is 2. The van der Waals surface area contributed by atoms with Gasteiger partial charge in [-0.05, 0) is 60.5 Å². The van der Waals surface area contributed by atoms with Gasteiger partial charge in [0.05, 0.1) is 0 Å². The summed E-state index contributed by atoms with van der Waals surface area (Å²) in [6, 6.07) is 19.9. The second kappa shape index (κ2) is 9.75. The van der Waals surface area contributed by atoms with Gasteiger partial charge in [-0.1, -0.05) is 53.5 Å². The molecule has 0 amide bonds. The quantitative estimate of drug-likeness (QED) is 0.462. The molecule has 0 radical (unpaired) electrons. The molecule has 0 unspecified atom stereocenters. The first-order valence-electron chi connectivity index (χ1n) is 8.71. The molecule has 2 nitrogen and oxygen atoms in total. The van der Waals surface area contributed by atoms with E-state index in [0.717, 1.165) is 16.9 Å². The monoisotopic (exact) mass is 403 g/mol. The van der Waals surface area contributed by atoms with Gasteiger partial charge in [0.25, 0.3) is 0 Å². The Bertz CT molecular complexity index is 884. The zero-order chi connectivity index (χ0) is 19.1. The first-order chi connectivity index (χ1) is 13.1. The fraction of sp³-hybridized carbons (Fsp3) is 0.182. The van der Waals surface area contributed by atoms with Gasteiger partial charge in [-0.25, -0.2) is 4.39 Å². The molecule has 0 atom stereocenters. The highest BCUT2D eigenvalue weighted by Gasteiger charge is 2.06. The second-order valence-corrected chi connectivity index (χ2v) is 7.06. The van der Waals surface area contributed by atoms with E-state index in [4.69, 9.17) is 27.9 Å². The van der Waals surface area contributed by atoms with Crippen LogP contribution in [0.15, 0.2) is 66.7 Å². The van der Waals surface area contributed by atoms with E-state index in [-0.39, 0.29) is 5.82 Å². The minimum Gasteiger partial charge on any atom is -0.489 e. The molecule has 0 aliphatic heterocycles. The third kappa shape index (κ3) is 5.96. The molecule has 0 spiro atoms. The molecule has 5 heteroatoms. The first kappa shape index (κ1) is 19.7. The normalized spacial score (nSPS) is 10.8. The Kier molecular flexibility index (Phi) is 7.11. The Hall–Kier alpha value is -2.07. The Morgan fingerprint density at radius 2 is 1.59 bits per heavy atom. The molecule has 0 fully saturated rings. The third-order valence-electron chi connectivity index (χ3n) is 4.17. The molecule has 0 aliphatic rings. The molecule has 0 saturated heterocycles. The van der Waals surface area contributed by atoms with E-state index in [1.54, 1.807) is 12.1 Å². The highest BCUT2D eigenvalue weighted by Crippen LogP contribution is 2.24. The summed E-state index contributed by atoms with van der Waals surface area (Å²) in [7, 11) is 0. The zero-order valence-corrected chi connectivity index (χ0v) is 16.2. The number of ether oxygens (including phenoxy) is 1. The number of nitrogens with one attached hydrogen (secondary N) is 1. The van der Waals surface area contributed by atoms with Crippen LogP contribution in [0.3, 0.4) is 0 Å². The topological polar surface area (TPSA) is 21.3 Å². The first-order valence-corrected chi connectivity index (χ1v) is 9.47. The highest BCUT2D eigenvalue weighted by molar-refractivity contribution is 6.30. The van der Waals surface area contributed by atoms with Crippen LogP contribution < -0.4 is 10.1 Å². The van der Waals surface area contributed by atoms with Crippen LogP contribution in [-0.2, 0) is 19.6 Å². The maximum Gasteiger partial charge on any atom is 0.126 e. The maximum absolute atomic E-state index is 13.7. The smallest absolute Gasteiger partial charge is 0.126 e. The van der Waals surface area contributed by atoms with Crippen molar-refractivity contribution in [3.8, 4) is 5.75 Å². The lowest BCUT2D eigenvalue weighted by Crippen LogP contribution is -2.17. The Labute approximate surface area is 168 Å². The van der Waals surface area contributed by atoms with Crippen molar-refractivity contribution in [1.82, 2.24) is 5.32 Å². The van der Waals surface area contributed by atoms with E-state index in [1.165, 1.54) is 6.07 Å². The van der Waals surface area contributed by atoms with Crippen LogP contribution in [0.1, 0.15) is 16.7 Å². The fourth-order valence-corrected chi connectivity index (χ4v) is 3.04. The lowest BCUT2D eigenvalue weighted by atomic mass is 10.1. The van der Waals surface area contributed by atoms with Gasteiger partial charge in [0.15, 0.2) is 0 Å². The molecule has 0 heterocycles. The van der Waals surface area contributed by atoms with Gasteiger partial charge in [0.2, 0.25) is 0 Å². The van der Waals surface area contributed by atoms with Gasteiger partial charge in [-0.3, -0.25) is 0 Å². The Morgan fingerprint density at radius 3 is 2.37 bits per heavy atom. The summed E-state index contributed by atoms with van der Waals surface area (Å²) < 4.78 is 19.6. The summed E-state index contributed by atoms with van der Waals surface area (Å²) in [5.74, 6) is 0.599. The summed E-state index contributed by atoms with van der Waals surface area (Å²) in [6.07, 6.45) is 0.619. The van der Waals surface area contributed by atoms with Crippen molar-refractivity contribution in [3.05, 3.63) is 99.3 Å². The van der Waals surface area contributed by atoms with Gasteiger partial charge in [-0.2, -0.15) is 0 Å². The minimum absolute atomic E-state index is 0.172. The average molecular weight is 404 g/mol. The van der Waals surface area contributed by atoms with E-state index < -0.39 is 0 Å². The summed E-state index contributed by atoms with van der Waals surface area (Å²) in [5.41, 5.74) is 2.70. The predicted octanol–water partition coefficient (Wildman–Crippen LogP) is 6.04. The van der Waals surface area contributed by atoms with E-state index in [2.05, 4.69) is 5.32 Å². The van der Waals surface area contributed by atoms with E-state index in [9.17, 15) is 4.39 Å². The Morgan fingerprint density at radius 1 is 0.852 bits per heavy atom. The van der Waals surface area contributed by atoms with Crippen LogP contribution in [0, 0.1) is 5.82 Å². The van der Waals surface area contributed by atoms with Crippen molar-refractivity contribution in [1.29, 1.82) is 0 Å². The van der Waals surface area contributed by atoms with Crippen LogP contribution in [0.5, 0.6) is 5.75 Å². The molecule has 140 valence electrons. The lowest BCUT2D eigenvalue weighted by molar-refractivity contribution is 0.302. The summed E-state index contributed by atoms with van der Waals surface area (Å²) >= 11 is 12.0. The van der Waals surface area contributed by atoms with Gasteiger partial charge in [0, 0.05) is 22.2 Å². The highest BCUT2D eigenvalue weighted by atomic mass is 35.5. The summed E-state index contributed by atoms with van der Waals surface area (Å²) in [6.45, 7) is 1.69. The molecule has 3 rings (SSSR count). The van der Waals surface area contributed by atoms with E-state index in [1.807, 2.05) is 48.5 Å². The number of benzene rings is 3. The van der Waals surface area contributed by atoms with Crippen LogP contribution in [0.4, 0.5) is 4.39 Å². The van der Waals surface area contributed by atoms with E-state index in [0.29, 0.717) is 41.7 Å². The van der Waals surface area contributed by atoms with Crippen LogP contribution >= 0.6 is 23.2 Å². The third-order valence-corrected chi connectivity index (χ3v) is 4.66. The molecular weight excluding hydrogens is 384 g/mol. The Balaban J connectivity index is 1.57. The predicted molar refractivity (Wildman–Crippen MR) is 109 cm³/mol. The lowest BCUT2D eigenvalue weighted by Gasteiger charge is -2.13. The van der Waals surface area contributed by atoms with Crippen molar-refractivity contribution < 1.29 is 9.13 Å². The fourth-order valence-electron chi connectivity index (χ4n) is 2.72. The number of hydrogen-bond donors (Lipinski definition) is 1. The second-order valence-electron chi connectivity index (χ2n) is 6.19. The van der Waals surface area contributed by atoms with Crippen molar-refractivity contribution in [3.63, 3.8) is 0 Å². The molecule has 27 heavy (non-hydrogen) atoms. The molecule has 0 bridgehead atoms. The van der Waals surface area contributed by atoms with Crippen molar-refractivity contribution in [2.24, 2.45) is 0 Å². The molecule has 3 aromatic carbocycles.